The van der Waals surface area contributed by atoms with Gasteiger partial charge in [0.2, 0.25) is 5.78 Å². The molecule has 4 nitrogen and oxygen atoms in total. The second kappa shape index (κ2) is 12.3. The molecule has 3 aliphatic rings. The molecule has 11 aromatic rings. The van der Waals surface area contributed by atoms with Crippen LogP contribution < -0.4 is 4.90 Å². The maximum Gasteiger partial charge on any atom is 0.220 e. The van der Waals surface area contributed by atoms with E-state index in [1.807, 2.05) is 0 Å². The normalized spacial score (nSPS) is 14.4. The highest BCUT2D eigenvalue weighted by molar-refractivity contribution is 5.99. The first kappa shape index (κ1) is 34.7. The van der Waals surface area contributed by atoms with Crippen LogP contribution in [0, 0.1) is 0 Å². The Morgan fingerprint density at radius 1 is 0.381 bits per heavy atom. The Bertz CT molecular complexity index is 3690. The number of rotatable bonds is 4. The summed E-state index contributed by atoms with van der Waals surface area (Å²) in [6.45, 7) is 4.74. The van der Waals surface area contributed by atoms with Gasteiger partial charge in [-0.1, -0.05) is 153 Å². The number of hydrogen-bond donors (Lipinski definition) is 0. The Morgan fingerprint density at radius 2 is 0.889 bits per heavy atom. The Labute approximate surface area is 365 Å². The van der Waals surface area contributed by atoms with Gasteiger partial charge in [-0.3, -0.25) is 8.97 Å². The van der Waals surface area contributed by atoms with Gasteiger partial charge in [0.25, 0.3) is 0 Å². The van der Waals surface area contributed by atoms with E-state index in [9.17, 15) is 0 Å². The largest absolute Gasteiger partial charge is 0.310 e. The van der Waals surface area contributed by atoms with Crippen LogP contribution in [0.2, 0.25) is 0 Å². The molecule has 0 unspecified atom stereocenters. The minimum atomic E-state index is -0.404. The minimum absolute atomic E-state index is 0.154. The van der Waals surface area contributed by atoms with Crippen LogP contribution in [0.15, 0.2) is 206 Å². The molecule has 0 bridgehead atoms. The van der Waals surface area contributed by atoms with E-state index in [4.69, 9.17) is 4.98 Å². The SMILES string of the molecule is CC1(C)c2ccccc2-c2ccc(N(c3ccc4c(c3)-c3ccccc3C43c4ccccc4-c4ccccc43)c3ccc4c(c3)n3c5ccccc5nc3n4-c3ccccc3)cc21. The average Bonchev–Trinajstić information content (AvgIpc) is 4.09. The second-order valence-corrected chi connectivity index (χ2v) is 17.9. The van der Waals surface area contributed by atoms with Crippen molar-refractivity contribution in [3.63, 3.8) is 0 Å². The predicted octanol–water partition coefficient (Wildman–Crippen LogP) is 14.6. The van der Waals surface area contributed by atoms with E-state index in [2.05, 4.69) is 234 Å². The molecule has 1 spiro atoms. The maximum atomic E-state index is 5.23. The van der Waals surface area contributed by atoms with Crippen molar-refractivity contribution in [2.75, 3.05) is 4.90 Å². The first-order chi connectivity index (χ1) is 31.0. The van der Waals surface area contributed by atoms with Crippen LogP contribution in [0.4, 0.5) is 17.1 Å². The van der Waals surface area contributed by atoms with E-state index in [-0.39, 0.29) is 5.41 Å². The van der Waals surface area contributed by atoms with Crippen LogP contribution in [0.25, 0.3) is 66.9 Å². The van der Waals surface area contributed by atoms with Crippen LogP contribution in [-0.2, 0) is 10.8 Å². The van der Waals surface area contributed by atoms with E-state index < -0.39 is 5.41 Å². The second-order valence-electron chi connectivity index (χ2n) is 17.9. The highest BCUT2D eigenvalue weighted by Gasteiger charge is 2.51. The van der Waals surface area contributed by atoms with Gasteiger partial charge in [-0.15, -0.1) is 0 Å². The predicted molar refractivity (Wildman–Crippen MR) is 258 cm³/mol. The summed E-state index contributed by atoms with van der Waals surface area (Å²) in [4.78, 5) is 7.71. The molecule has 0 amide bonds. The zero-order valence-electron chi connectivity index (χ0n) is 34.9. The summed E-state index contributed by atoms with van der Waals surface area (Å²) in [7, 11) is 0. The molecule has 9 aromatic carbocycles. The Balaban J connectivity index is 1.04. The Kier molecular flexibility index (Phi) is 6.80. The first-order valence-electron chi connectivity index (χ1n) is 22.0. The third-order valence-electron chi connectivity index (χ3n) is 14.5. The molecule has 4 heteroatoms. The van der Waals surface area contributed by atoms with Crippen LogP contribution in [-0.4, -0.2) is 14.0 Å². The summed E-state index contributed by atoms with van der Waals surface area (Å²) in [5.41, 5.74) is 24.0. The molecular weight excluding hydrogens is 765 g/mol. The fourth-order valence-electron chi connectivity index (χ4n) is 11.9. The molecule has 296 valence electrons. The smallest absolute Gasteiger partial charge is 0.220 e. The van der Waals surface area contributed by atoms with Crippen molar-refractivity contribution in [2.24, 2.45) is 0 Å². The van der Waals surface area contributed by atoms with Crippen molar-refractivity contribution in [2.45, 2.75) is 24.7 Å². The molecule has 0 N–H and O–H groups in total. The van der Waals surface area contributed by atoms with Gasteiger partial charge < -0.3 is 4.90 Å². The van der Waals surface area contributed by atoms with Crippen LogP contribution in [0.3, 0.4) is 0 Å². The van der Waals surface area contributed by atoms with Gasteiger partial charge in [0.15, 0.2) is 0 Å². The molecular formula is C59H40N4. The number of anilines is 3. The molecule has 14 rings (SSSR count). The topological polar surface area (TPSA) is 25.5 Å². The standard InChI is InChI=1S/C59H40N4/c1-58(2)47-22-10-6-18-41(47)45-31-28-39(35-52(45)58)61(40-30-33-55-56(36-40)63-54-27-15-14-26-53(54)60-57(63)62(55)37-16-4-3-5-17-37)38-29-32-51-46(34-38)44-21-9-13-25-50(44)59(51)48-23-11-7-19-42(48)43-20-8-12-24-49(43)59/h3-36H,1-2H3. The lowest BCUT2D eigenvalue weighted by molar-refractivity contribution is 0.660. The summed E-state index contributed by atoms with van der Waals surface area (Å²) >= 11 is 0. The molecule has 0 atom stereocenters. The van der Waals surface area contributed by atoms with E-state index in [1.54, 1.807) is 0 Å². The summed E-state index contributed by atoms with van der Waals surface area (Å²) < 4.78 is 4.63. The Hall–Kier alpha value is -7.95. The summed E-state index contributed by atoms with van der Waals surface area (Å²) in [5.74, 6) is 0.898. The van der Waals surface area contributed by atoms with Crippen LogP contribution in [0.5, 0.6) is 0 Å². The van der Waals surface area contributed by atoms with Crippen molar-refractivity contribution < 1.29 is 0 Å². The number of imidazole rings is 2. The number of aromatic nitrogens is 3. The van der Waals surface area contributed by atoms with Crippen molar-refractivity contribution >= 4 is 44.9 Å². The third-order valence-corrected chi connectivity index (χ3v) is 14.5. The minimum Gasteiger partial charge on any atom is -0.310 e. The Morgan fingerprint density at radius 3 is 1.60 bits per heavy atom. The van der Waals surface area contributed by atoms with Gasteiger partial charge in [-0.25, -0.2) is 4.98 Å². The molecule has 3 aliphatic carbocycles. The molecule has 0 fully saturated rings. The van der Waals surface area contributed by atoms with Crippen LogP contribution in [0.1, 0.15) is 47.2 Å². The van der Waals surface area contributed by atoms with E-state index in [0.29, 0.717) is 0 Å². The van der Waals surface area contributed by atoms with Crippen molar-refractivity contribution in [1.29, 1.82) is 0 Å². The van der Waals surface area contributed by atoms with Gasteiger partial charge in [-0.05, 0) is 133 Å². The van der Waals surface area contributed by atoms with Gasteiger partial charge in [0, 0.05) is 28.2 Å². The molecule has 2 aromatic heterocycles. The lowest BCUT2D eigenvalue weighted by Gasteiger charge is -2.31. The average molecular weight is 805 g/mol. The molecule has 63 heavy (non-hydrogen) atoms. The first-order valence-corrected chi connectivity index (χ1v) is 22.0. The lowest BCUT2D eigenvalue weighted by Crippen LogP contribution is -2.25. The van der Waals surface area contributed by atoms with Gasteiger partial charge >= 0.3 is 0 Å². The third kappa shape index (κ3) is 4.42. The quantitative estimate of drug-likeness (QED) is 0.177. The molecule has 0 radical (unpaired) electrons. The fourth-order valence-corrected chi connectivity index (χ4v) is 11.9. The number of benzene rings is 9. The number of fused-ring (bicyclic) bond motifs is 18. The van der Waals surface area contributed by atoms with Crippen molar-refractivity contribution in [3.8, 4) is 39.1 Å². The molecule has 0 saturated heterocycles. The van der Waals surface area contributed by atoms with Crippen LogP contribution >= 0.6 is 0 Å². The van der Waals surface area contributed by atoms with Crippen molar-refractivity contribution in [3.05, 3.63) is 240 Å². The maximum absolute atomic E-state index is 5.23. The monoisotopic (exact) mass is 804 g/mol. The summed E-state index contributed by atoms with van der Waals surface area (Å²) in [6.07, 6.45) is 0. The van der Waals surface area contributed by atoms with Gasteiger partial charge in [-0.2, -0.15) is 0 Å². The van der Waals surface area contributed by atoms with E-state index >= 15 is 0 Å². The highest BCUT2D eigenvalue weighted by Crippen LogP contribution is 2.63. The fraction of sp³-hybridized carbons (Fsp3) is 0.0678. The number of para-hydroxylation sites is 3. The van der Waals surface area contributed by atoms with Gasteiger partial charge in [0.1, 0.15) is 0 Å². The zero-order valence-corrected chi connectivity index (χ0v) is 34.9. The lowest BCUT2D eigenvalue weighted by atomic mass is 9.70. The zero-order chi connectivity index (χ0) is 41.6. The van der Waals surface area contributed by atoms with E-state index in [1.165, 1.54) is 66.8 Å². The van der Waals surface area contributed by atoms with Gasteiger partial charge in [0.05, 0.1) is 27.5 Å². The summed E-state index contributed by atoms with van der Waals surface area (Å²) in [6, 6.07) is 76.5. The van der Waals surface area contributed by atoms with E-state index in [0.717, 1.165) is 50.6 Å². The van der Waals surface area contributed by atoms with Crippen molar-refractivity contribution in [1.82, 2.24) is 14.0 Å². The summed E-state index contributed by atoms with van der Waals surface area (Å²) in [5, 5.41) is 0. The number of nitrogens with zero attached hydrogens (tertiary/aromatic N) is 4. The number of hydrogen-bond acceptors (Lipinski definition) is 2. The molecule has 2 heterocycles. The molecule has 0 aliphatic heterocycles. The molecule has 0 saturated carbocycles. The highest BCUT2D eigenvalue weighted by atomic mass is 15.2.